The number of aromatic nitrogens is 4. The van der Waals surface area contributed by atoms with Crippen LogP contribution in [0.25, 0.3) is 11.2 Å². The Morgan fingerprint density at radius 1 is 1.30 bits per heavy atom. The summed E-state index contributed by atoms with van der Waals surface area (Å²) in [5, 5.41) is 3.19. The summed E-state index contributed by atoms with van der Waals surface area (Å²) in [6, 6.07) is 5.20. The molecule has 0 spiro atoms. The smallest absolute Gasteiger partial charge is 0.237 e. The van der Waals surface area contributed by atoms with Gasteiger partial charge in [0.05, 0.1) is 25.8 Å². The first-order valence-electron chi connectivity index (χ1n) is 8.11. The molecule has 3 aromatic rings. The third-order valence-electron chi connectivity index (χ3n) is 3.79. The number of thioether (sulfide) groups is 1. The van der Waals surface area contributed by atoms with Gasteiger partial charge in [0.25, 0.3) is 0 Å². The van der Waals surface area contributed by atoms with Crippen molar-refractivity contribution in [3.05, 3.63) is 29.8 Å². The van der Waals surface area contributed by atoms with E-state index in [0.29, 0.717) is 39.8 Å². The van der Waals surface area contributed by atoms with Crippen LogP contribution in [0.2, 0.25) is 5.28 Å². The van der Waals surface area contributed by atoms with Crippen molar-refractivity contribution in [3.8, 4) is 11.5 Å². The number of hydrogen-bond donors (Lipinski definition) is 2. The van der Waals surface area contributed by atoms with E-state index in [1.807, 2.05) is 6.92 Å². The van der Waals surface area contributed by atoms with Gasteiger partial charge < -0.3 is 19.8 Å². The molecule has 1 atom stereocenters. The zero-order chi connectivity index (χ0) is 19.4. The summed E-state index contributed by atoms with van der Waals surface area (Å²) in [6.45, 7) is 1.93. The highest BCUT2D eigenvalue weighted by atomic mass is 35.5. The number of imidazole rings is 1. The summed E-state index contributed by atoms with van der Waals surface area (Å²) in [5.41, 5.74) is 1.73. The number of nitrogens with one attached hydrogen (secondary N) is 2. The van der Waals surface area contributed by atoms with Gasteiger partial charge in [-0.25, -0.2) is 9.97 Å². The van der Waals surface area contributed by atoms with Crippen molar-refractivity contribution in [1.29, 1.82) is 0 Å². The number of benzene rings is 1. The molecule has 0 saturated heterocycles. The molecular formula is C17H18ClN5O3S. The minimum absolute atomic E-state index is 0.0900. The van der Waals surface area contributed by atoms with E-state index < -0.39 is 0 Å². The molecule has 2 N–H and O–H groups in total. The minimum atomic E-state index is -0.379. The summed E-state index contributed by atoms with van der Waals surface area (Å²) < 4.78 is 10.5. The zero-order valence-electron chi connectivity index (χ0n) is 14.9. The second-order valence-corrected chi connectivity index (χ2v) is 7.00. The number of carbonyl (C=O) groups excluding carboxylic acids is 1. The number of ether oxygens (including phenoxy) is 2. The van der Waals surface area contributed by atoms with E-state index in [4.69, 9.17) is 21.1 Å². The molecule has 2 aromatic heterocycles. The van der Waals surface area contributed by atoms with E-state index in [2.05, 4.69) is 25.3 Å². The highest BCUT2D eigenvalue weighted by molar-refractivity contribution is 8.00. The maximum Gasteiger partial charge on any atom is 0.237 e. The Morgan fingerprint density at radius 3 is 2.78 bits per heavy atom. The van der Waals surface area contributed by atoms with Gasteiger partial charge >= 0.3 is 0 Å². The Morgan fingerprint density at radius 2 is 2.07 bits per heavy atom. The second kappa shape index (κ2) is 8.45. The maximum absolute atomic E-state index is 12.8. The number of halogens is 1. The van der Waals surface area contributed by atoms with Crippen molar-refractivity contribution >= 4 is 46.1 Å². The molecule has 0 aliphatic heterocycles. The van der Waals surface area contributed by atoms with Crippen LogP contribution >= 0.6 is 23.4 Å². The fraction of sp³-hybridized carbons (Fsp3) is 0.294. The zero-order valence-corrected chi connectivity index (χ0v) is 16.5. The highest BCUT2D eigenvalue weighted by Crippen LogP contribution is 2.32. The van der Waals surface area contributed by atoms with Crippen LogP contribution in [-0.2, 0) is 4.79 Å². The van der Waals surface area contributed by atoms with Crippen molar-refractivity contribution < 1.29 is 14.3 Å². The van der Waals surface area contributed by atoms with Crippen LogP contribution in [0.3, 0.4) is 0 Å². The molecule has 0 bridgehead atoms. The lowest BCUT2D eigenvalue weighted by Crippen LogP contribution is -2.24. The fourth-order valence-electron chi connectivity index (χ4n) is 2.46. The van der Waals surface area contributed by atoms with Crippen LogP contribution in [0.15, 0.2) is 29.6 Å². The van der Waals surface area contributed by atoms with Gasteiger partial charge in [-0.05, 0) is 30.2 Å². The van der Waals surface area contributed by atoms with Crippen LogP contribution in [0, 0.1) is 0 Å². The maximum atomic E-state index is 12.8. The standard InChI is InChI=1S/C17H18ClN5O3S/c1-4-12(27-16-13-14(20-8-19-13)22-17(18)23-16)15(24)21-9-5-6-10(25-2)11(7-9)26-3/h5-8,12H,4H2,1-3H3,(H,21,24)(H,19,20,22,23)/t12-/m1/s1. The van der Waals surface area contributed by atoms with Gasteiger partial charge in [-0.3, -0.25) is 4.79 Å². The molecule has 0 saturated carbocycles. The molecule has 0 radical (unpaired) electrons. The summed E-state index contributed by atoms with van der Waals surface area (Å²) >= 11 is 7.27. The number of methoxy groups -OCH3 is 2. The molecule has 3 rings (SSSR count). The first kappa shape index (κ1) is 19.2. The third kappa shape index (κ3) is 4.25. The molecule has 0 aliphatic rings. The average Bonchev–Trinajstić information content (AvgIpc) is 3.14. The van der Waals surface area contributed by atoms with Crippen molar-refractivity contribution in [2.24, 2.45) is 0 Å². The minimum Gasteiger partial charge on any atom is -0.493 e. The lowest BCUT2D eigenvalue weighted by Gasteiger charge is -2.15. The molecule has 27 heavy (non-hydrogen) atoms. The van der Waals surface area contributed by atoms with E-state index in [-0.39, 0.29) is 16.4 Å². The summed E-state index contributed by atoms with van der Waals surface area (Å²) in [5.74, 6) is 0.976. The molecule has 8 nitrogen and oxygen atoms in total. The molecule has 1 amide bonds. The van der Waals surface area contributed by atoms with Gasteiger partial charge in [0.15, 0.2) is 17.1 Å². The quantitative estimate of drug-likeness (QED) is 0.351. The SMILES string of the molecule is CC[C@@H](Sc1nc(Cl)nc2nc[nH]c12)C(=O)Nc1ccc(OC)c(OC)c1. The van der Waals surface area contributed by atoms with E-state index >= 15 is 0 Å². The predicted molar refractivity (Wildman–Crippen MR) is 105 cm³/mol. The third-order valence-corrected chi connectivity index (χ3v) is 5.31. The molecule has 142 valence electrons. The number of carbonyl (C=O) groups is 1. The number of rotatable bonds is 7. The normalized spacial score (nSPS) is 12.0. The van der Waals surface area contributed by atoms with E-state index in [9.17, 15) is 4.79 Å². The van der Waals surface area contributed by atoms with Gasteiger partial charge in [0, 0.05) is 11.8 Å². The van der Waals surface area contributed by atoms with Gasteiger partial charge in [-0.15, -0.1) is 0 Å². The Balaban J connectivity index is 1.79. The van der Waals surface area contributed by atoms with Gasteiger partial charge in [-0.2, -0.15) is 4.98 Å². The van der Waals surface area contributed by atoms with Crippen molar-refractivity contribution in [2.75, 3.05) is 19.5 Å². The summed E-state index contributed by atoms with van der Waals surface area (Å²) in [6.07, 6.45) is 2.12. The molecule has 0 fully saturated rings. The number of hydrogen-bond acceptors (Lipinski definition) is 7. The van der Waals surface area contributed by atoms with Gasteiger partial charge in [-0.1, -0.05) is 18.7 Å². The van der Waals surface area contributed by atoms with Gasteiger partial charge in [0.2, 0.25) is 11.2 Å². The lowest BCUT2D eigenvalue weighted by molar-refractivity contribution is -0.115. The van der Waals surface area contributed by atoms with Crippen molar-refractivity contribution in [1.82, 2.24) is 19.9 Å². The Kier molecular flexibility index (Phi) is 6.02. The largest absolute Gasteiger partial charge is 0.493 e. The molecule has 0 aliphatic carbocycles. The number of H-pyrrole nitrogens is 1. The second-order valence-electron chi connectivity index (χ2n) is 5.47. The van der Waals surface area contributed by atoms with Gasteiger partial charge in [0.1, 0.15) is 10.5 Å². The Bertz CT molecular complexity index is 965. The first-order valence-corrected chi connectivity index (χ1v) is 9.37. The summed E-state index contributed by atoms with van der Waals surface area (Å²) in [7, 11) is 3.10. The molecule has 2 heterocycles. The van der Waals surface area contributed by atoms with E-state index in [1.165, 1.54) is 18.1 Å². The van der Waals surface area contributed by atoms with Crippen LogP contribution in [0.5, 0.6) is 11.5 Å². The van der Waals surface area contributed by atoms with Crippen LogP contribution < -0.4 is 14.8 Å². The van der Waals surface area contributed by atoms with Crippen LogP contribution in [0.4, 0.5) is 5.69 Å². The lowest BCUT2D eigenvalue weighted by atomic mass is 10.2. The highest BCUT2D eigenvalue weighted by Gasteiger charge is 2.22. The monoisotopic (exact) mass is 407 g/mol. The number of anilines is 1. The molecule has 10 heteroatoms. The number of nitrogens with zero attached hydrogens (tertiary/aromatic N) is 3. The topological polar surface area (TPSA) is 102 Å². The van der Waals surface area contributed by atoms with Crippen LogP contribution in [-0.4, -0.2) is 45.3 Å². The summed E-state index contributed by atoms with van der Waals surface area (Å²) in [4.78, 5) is 28.1. The number of aromatic amines is 1. The molecule has 1 aromatic carbocycles. The number of amides is 1. The van der Waals surface area contributed by atoms with E-state index in [0.717, 1.165) is 0 Å². The fourth-order valence-corrected chi connectivity index (χ4v) is 3.68. The van der Waals surface area contributed by atoms with Crippen molar-refractivity contribution in [3.63, 3.8) is 0 Å². The van der Waals surface area contributed by atoms with Crippen molar-refractivity contribution in [2.45, 2.75) is 23.6 Å². The first-order chi connectivity index (χ1) is 13.0. The molecular weight excluding hydrogens is 390 g/mol. The van der Waals surface area contributed by atoms with Crippen LogP contribution in [0.1, 0.15) is 13.3 Å². The average molecular weight is 408 g/mol. The number of fused-ring (bicyclic) bond motifs is 1. The van der Waals surface area contributed by atoms with E-state index in [1.54, 1.807) is 32.4 Å². The molecule has 0 unspecified atom stereocenters. The Labute approximate surface area is 165 Å². The Hall–Kier alpha value is -2.52. The predicted octanol–water partition coefficient (Wildman–Crippen LogP) is 3.53.